The average Bonchev–Trinajstić information content (AvgIpc) is 3.56. The van der Waals surface area contributed by atoms with E-state index in [0.717, 1.165) is 16.7 Å². The lowest BCUT2D eigenvalue weighted by molar-refractivity contribution is -0.140. The molecule has 13 nitrogen and oxygen atoms in total. The first-order valence-electron chi connectivity index (χ1n) is 14.7. The number of nitrogens with two attached hydrogens (primary N) is 2. The Morgan fingerprint density at radius 3 is 2.11 bits per heavy atom. The van der Waals surface area contributed by atoms with Crippen LogP contribution >= 0.6 is 0 Å². The lowest BCUT2D eigenvalue weighted by atomic mass is 10.1. The van der Waals surface area contributed by atoms with Gasteiger partial charge in [0.2, 0.25) is 27.7 Å². The van der Waals surface area contributed by atoms with E-state index < -0.39 is 46.2 Å². The molecular formula is C32H39N7O6S. The predicted octanol–water partition coefficient (Wildman–Crippen LogP) is 1.10. The lowest BCUT2D eigenvalue weighted by Crippen LogP contribution is -2.54. The van der Waals surface area contributed by atoms with Crippen LogP contribution in [-0.2, 0) is 44.0 Å². The second-order valence-corrected chi connectivity index (χ2v) is 12.6. The van der Waals surface area contributed by atoms with E-state index in [1.54, 1.807) is 24.3 Å². The molecule has 0 spiro atoms. The van der Waals surface area contributed by atoms with Crippen molar-refractivity contribution in [2.75, 3.05) is 13.7 Å². The van der Waals surface area contributed by atoms with E-state index in [2.05, 4.69) is 15.4 Å². The summed E-state index contributed by atoms with van der Waals surface area (Å²) in [6.07, 6.45) is 0.423. The highest BCUT2D eigenvalue weighted by Gasteiger charge is 2.39. The van der Waals surface area contributed by atoms with Crippen LogP contribution in [0.1, 0.15) is 41.5 Å². The SMILES string of the molecule is COc1ccc(S(=O)(=O)N[C@@H](CC(=O)NCc2ccc(CN)cc2)C(=O)N2CCC[C@H]2C(=O)NCc2ccc(C(=N)N)cc2)cc1. The van der Waals surface area contributed by atoms with Crippen LogP contribution in [0.25, 0.3) is 0 Å². The molecule has 3 aromatic rings. The van der Waals surface area contributed by atoms with Crippen LogP contribution < -0.4 is 31.6 Å². The largest absolute Gasteiger partial charge is 0.497 e. The molecule has 1 aliphatic heterocycles. The van der Waals surface area contributed by atoms with Crippen molar-refractivity contribution in [3.8, 4) is 5.75 Å². The number of nitrogens with one attached hydrogen (secondary N) is 4. The number of amides is 3. The van der Waals surface area contributed by atoms with Crippen molar-refractivity contribution in [3.05, 3.63) is 95.1 Å². The molecule has 0 radical (unpaired) electrons. The van der Waals surface area contributed by atoms with Crippen LogP contribution in [0.15, 0.2) is 77.7 Å². The molecule has 3 aromatic carbocycles. The molecule has 1 saturated heterocycles. The number of hydrogen-bond donors (Lipinski definition) is 6. The molecule has 3 amide bonds. The number of ether oxygens (including phenoxy) is 1. The Kier molecular flexibility index (Phi) is 11.5. The number of carbonyl (C=O) groups excluding carboxylic acids is 3. The third kappa shape index (κ3) is 8.90. The van der Waals surface area contributed by atoms with E-state index in [9.17, 15) is 22.8 Å². The highest BCUT2D eigenvalue weighted by Crippen LogP contribution is 2.22. The lowest BCUT2D eigenvalue weighted by Gasteiger charge is -2.28. The van der Waals surface area contributed by atoms with Crippen molar-refractivity contribution in [2.24, 2.45) is 11.5 Å². The monoisotopic (exact) mass is 649 g/mol. The number of hydrogen-bond acceptors (Lipinski definition) is 8. The van der Waals surface area contributed by atoms with Gasteiger partial charge in [-0.2, -0.15) is 4.72 Å². The fourth-order valence-electron chi connectivity index (χ4n) is 5.05. The molecule has 1 fully saturated rings. The second-order valence-electron chi connectivity index (χ2n) is 10.9. The molecule has 1 heterocycles. The molecule has 244 valence electrons. The zero-order valence-electron chi connectivity index (χ0n) is 25.5. The van der Waals surface area contributed by atoms with Crippen molar-refractivity contribution in [2.45, 2.75) is 55.9 Å². The van der Waals surface area contributed by atoms with Crippen LogP contribution in [0.5, 0.6) is 5.75 Å². The maximum atomic E-state index is 13.9. The molecule has 8 N–H and O–H groups in total. The van der Waals surface area contributed by atoms with Crippen LogP contribution in [0.3, 0.4) is 0 Å². The maximum absolute atomic E-state index is 13.9. The zero-order chi connectivity index (χ0) is 33.3. The van der Waals surface area contributed by atoms with Crippen LogP contribution in [0.2, 0.25) is 0 Å². The summed E-state index contributed by atoms with van der Waals surface area (Å²) in [5.41, 5.74) is 14.2. The summed E-state index contributed by atoms with van der Waals surface area (Å²) in [7, 11) is -2.79. The first-order chi connectivity index (χ1) is 22.0. The number of benzene rings is 3. The van der Waals surface area contributed by atoms with Gasteiger partial charge in [0.05, 0.1) is 18.4 Å². The molecule has 0 bridgehead atoms. The molecule has 0 unspecified atom stereocenters. The normalized spacial score (nSPS) is 15.2. The molecule has 1 aliphatic rings. The van der Waals surface area contributed by atoms with E-state index in [1.165, 1.54) is 36.3 Å². The van der Waals surface area contributed by atoms with Gasteiger partial charge in [0, 0.05) is 31.7 Å². The van der Waals surface area contributed by atoms with Gasteiger partial charge in [-0.05, 0) is 53.8 Å². The van der Waals surface area contributed by atoms with Crippen molar-refractivity contribution >= 4 is 33.6 Å². The minimum Gasteiger partial charge on any atom is -0.497 e. The molecular weight excluding hydrogens is 610 g/mol. The number of rotatable bonds is 14. The summed E-state index contributed by atoms with van der Waals surface area (Å²) in [5, 5.41) is 13.1. The summed E-state index contributed by atoms with van der Waals surface area (Å²) < 4.78 is 34.2. The Morgan fingerprint density at radius 2 is 1.52 bits per heavy atom. The van der Waals surface area contributed by atoms with Crippen molar-refractivity contribution in [1.82, 2.24) is 20.3 Å². The minimum atomic E-state index is -4.24. The van der Waals surface area contributed by atoms with E-state index in [0.29, 0.717) is 30.7 Å². The van der Waals surface area contributed by atoms with Crippen molar-refractivity contribution < 1.29 is 27.5 Å². The number of carbonyl (C=O) groups is 3. The van der Waals surface area contributed by atoms with Gasteiger partial charge in [-0.1, -0.05) is 48.5 Å². The molecule has 46 heavy (non-hydrogen) atoms. The van der Waals surface area contributed by atoms with Crippen LogP contribution in [0, 0.1) is 5.41 Å². The van der Waals surface area contributed by atoms with E-state index in [4.69, 9.17) is 21.6 Å². The Labute approximate surface area is 268 Å². The number of likely N-dealkylation sites (tertiary alicyclic amines) is 1. The van der Waals surface area contributed by atoms with Crippen LogP contribution in [0.4, 0.5) is 0 Å². The summed E-state index contributed by atoms with van der Waals surface area (Å²) in [5.74, 6) is -1.24. The fourth-order valence-corrected chi connectivity index (χ4v) is 6.24. The highest BCUT2D eigenvalue weighted by molar-refractivity contribution is 7.89. The van der Waals surface area contributed by atoms with Gasteiger partial charge < -0.3 is 31.7 Å². The molecule has 0 aromatic heterocycles. The standard InChI is InChI=1S/C32H39N7O6S/c1-45-25-12-14-26(15-13-25)46(43,44)38-27(17-29(40)36-19-22-6-4-21(18-33)5-7-22)32(42)39-16-2-3-28(39)31(41)37-20-23-8-10-24(11-9-23)30(34)35/h4-15,27-28,38H,2-3,16-20,33H2,1H3,(H3,34,35)(H,36,40)(H,37,41)/t27-,28-/m0/s1. The number of methoxy groups -OCH3 is 1. The van der Waals surface area contributed by atoms with Gasteiger partial charge in [0.25, 0.3) is 0 Å². The van der Waals surface area contributed by atoms with Gasteiger partial charge in [-0.25, -0.2) is 8.42 Å². The molecule has 4 rings (SSSR count). The van der Waals surface area contributed by atoms with Gasteiger partial charge in [0.15, 0.2) is 0 Å². The van der Waals surface area contributed by atoms with Gasteiger partial charge >= 0.3 is 0 Å². The number of amidine groups is 1. The van der Waals surface area contributed by atoms with Crippen molar-refractivity contribution in [3.63, 3.8) is 0 Å². The van der Waals surface area contributed by atoms with E-state index in [1.807, 2.05) is 24.3 Å². The van der Waals surface area contributed by atoms with Gasteiger partial charge in [-0.15, -0.1) is 0 Å². The molecule has 0 aliphatic carbocycles. The molecule has 2 atom stereocenters. The van der Waals surface area contributed by atoms with Gasteiger partial charge in [0.1, 0.15) is 23.7 Å². The summed E-state index contributed by atoms with van der Waals surface area (Å²) in [4.78, 5) is 41.4. The summed E-state index contributed by atoms with van der Waals surface area (Å²) in [6, 6.07) is 17.5. The first kappa shape index (κ1) is 34.1. The number of sulfonamides is 1. The summed E-state index contributed by atoms with van der Waals surface area (Å²) in [6.45, 7) is 0.949. The van der Waals surface area contributed by atoms with Gasteiger partial charge in [-0.3, -0.25) is 19.8 Å². The maximum Gasteiger partial charge on any atom is 0.243 e. The van der Waals surface area contributed by atoms with Crippen molar-refractivity contribution in [1.29, 1.82) is 5.41 Å². The third-order valence-corrected chi connectivity index (χ3v) is 9.16. The highest BCUT2D eigenvalue weighted by atomic mass is 32.2. The fraction of sp³-hybridized carbons (Fsp3) is 0.312. The third-order valence-electron chi connectivity index (χ3n) is 7.67. The Balaban J connectivity index is 1.48. The quantitative estimate of drug-likeness (QED) is 0.110. The average molecular weight is 650 g/mol. The molecule has 0 saturated carbocycles. The smallest absolute Gasteiger partial charge is 0.243 e. The topological polar surface area (TPSA) is 210 Å². The second kappa shape index (κ2) is 15.5. The first-order valence-corrected chi connectivity index (χ1v) is 16.2. The Morgan fingerprint density at radius 1 is 0.935 bits per heavy atom. The predicted molar refractivity (Wildman–Crippen MR) is 172 cm³/mol. The zero-order valence-corrected chi connectivity index (χ0v) is 26.3. The number of nitrogen functional groups attached to an aromatic ring is 1. The summed E-state index contributed by atoms with van der Waals surface area (Å²) >= 11 is 0. The molecule has 14 heteroatoms. The number of nitrogens with zero attached hydrogens (tertiary/aromatic N) is 1. The van der Waals surface area contributed by atoms with Crippen LogP contribution in [-0.4, -0.2) is 62.6 Å². The van der Waals surface area contributed by atoms with E-state index in [-0.39, 0.29) is 30.4 Å². The Bertz CT molecular complexity index is 1650. The Hall–Kier alpha value is -4.79. The minimum absolute atomic E-state index is 0.0669. The van der Waals surface area contributed by atoms with E-state index >= 15 is 0 Å².